The third kappa shape index (κ3) is 6.85. The maximum Gasteiger partial charge on any atom is 0.191 e. The lowest BCUT2D eigenvalue weighted by Gasteiger charge is -2.17. The lowest BCUT2D eigenvalue weighted by Crippen LogP contribution is -2.37. The lowest BCUT2D eigenvalue weighted by atomic mass is 10.1. The van der Waals surface area contributed by atoms with Gasteiger partial charge in [0.2, 0.25) is 0 Å². The number of halogens is 1. The highest BCUT2D eigenvalue weighted by Crippen LogP contribution is 2.22. The first kappa shape index (κ1) is 26.3. The van der Waals surface area contributed by atoms with Crippen LogP contribution < -0.4 is 15.4 Å². The molecule has 0 radical (unpaired) electrons. The van der Waals surface area contributed by atoms with Crippen LogP contribution in [0.3, 0.4) is 0 Å². The Hall–Kier alpha value is -2.33. The highest BCUT2D eigenvalue weighted by Gasteiger charge is 2.17. The molecule has 0 saturated carbocycles. The van der Waals surface area contributed by atoms with Gasteiger partial charge in [0, 0.05) is 44.8 Å². The standard InChI is InChI=1S/C26H35N5O2.HI/c1-19-9-10-22(25(15-19)33-18-21-11-14-32-17-21)16-29-26(27-3)28-12-6-13-31-20(2)30-23-7-4-5-8-24(23)31;/h4-5,7-10,15,21H,6,11-14,16-18H2,1-3H3,(H2,27,28,29);1H. The van der Waals surface area contributed by atoms with Crippen molar-refractivity contribution in [1.82, 2.24) is 20.2 Å². The van der Waals surface area contributed by atoms with Gasteiger partial charge in [-0.05, 0) is 50.5 Å². The van der Waals surface area contributed by atoms with Crippen LogP contribution in [0.1, 0.15) is 29.8 Å². The summed E-state index contributed by atoms with van der Waals surface area (Å²) in [5, 5.41) is 6.85. The highest BCUT2D eigenvalue weighted by molar-refractivity contribution is 14.0. The second-order valence-electron chi connectivity index (χ2n) is 8.66. The van der Waals surface area contributed by atoms with E-state index in [1.807, 2.05) is 6.07 Å². The number of ether oxygens (including phenoxy) is 2. The smallest absolute Gasteiger partial charge is 0.191 e. The van der Waals surface area contributed by atoms with Crippen molar-refractivity contribution < 1.29 is 9.47 Å². The van der Waals surface area contributed by atoms with Crippen LogP contribution in [0.2, 0.25) is 0 Å². The Labute approximate surface area is 219 Å². The molecule has 0 amide bonds. The summed E-state index contributed by atoms with van der Waals surface area (Å²) in [5.74, 6) is 3.26. The van der Waals surface area contributed by atoms with E-state index in [1.165, 1.54) is 11.1 Å². The number of hydrogen-bond donors (Lipinski definition) is 2. The van der Waals surface area contributed by atoms with Crippen molar-refractivity contribution in [2.75, 3.05) is 33.4 Å². The number of guanidine groups is 1. The Kier molecular flexibility index (Phi) is 10.0. The Morgan fingerprint density at radius 2 is 2.06 bits per heavy atom. The number of nitrogens with zero attached hydrogens (tertiary/aromatic N) is 3. The monoisotopic (exact) mass is 577 g/mol. The number of aromatic nitrogens is 2. The molecule has 1 aromatic heterocycles. The van der Waals surface area contributed by atoms with E-state index in [-0.39, 0.29) is 24.0 Å². The molecular weight excluding hydrogens is 541 g/mol. The highest BCUT2D eigenvalue weighted by atomic mass is 127. The van der Waals surface area contributed by atoms with Gasteiger partial charge in [0.1, 0.15) is 11.6 Å². The van der Waals surface area contributed by atoms with Gasteiger partial charge in [-0.3, -0.25) is 4.99 Å². The number of hydrogen-bond acceptors (Lipinski definition) is 4. The second-order valence-corrected chi connectivity index (χ2v) is 8.66. The van der Waals surface area contributed by atoms with E-state index < -0.39 is 0 Å². The van der Waals surface area contributed by atoms with Crippen molar-refractivity contribution >= 4 is 41.0 Å². The zero-order valence-electron chi connectivity index (χ0n) is 20.3. The molecule has 1 atom stereocenters. The van der Waals surface area contributed by atoms with E-state index in [2.05, 4.69) is 75.4 Å². The number of fused-ring (bicyclic) bond motifs is 1. The summed E-state index contributed by atoms with van der Waals surface area (Å²) in [6.45, 7) is 8.89. The number of rotatable bonds is 9. The molecule has 1 aliphatic rings. The SMILES string of the molecule is CN=C(NCCCn1c(C)nc2ccccc21)NCc1ccc(C)cc1OCC1CCOC1.I. The number of imidazole rings is 1. The quantitative estimate of drug-likeness (QED) is 0.170. The second kappa shape index (κ2) is 12.9. The summed E-state index contributed by atoms with van der Waals surface area (Å²) in [6.07, 6.45) is 2.05. The number of aliphatic imine (C=N–C) groups is 1. The van der Waals surface area contributed by atoms with Crippen LogP contribution in [0.4, 0.5) is 0 Å². The fourth-order valence-corrected chi connectivity index (χ4v) is 4.19. The van der Waals surface area contributed by atoms with Crippen molar-refractivity contribution in [3.63, 3.8) is 0 Å². The molecule has 1 fully saturated rings. The summed E-state index contributed by atoms with van der Waals surface area (Å²) in [6, 6.07) is 14.6. The maximum atomic E-state index is 6.17. The van der Waals surface area contributed by atoms with Crippen molar-refractivity contribution in [2.45, 2.75) is 39.8 Å². The van der Waals surface area contributed by atoms with Crippen molar-refractivity contribution in [3.8, 4) is 5.75 Å². The first-order valence-electron chi connectivity index (χ1n) is 11.8. The molecule has 4 rings (SSSR count). The first-order chi connectivity index (χ1) is 16.1. The maximum absolute atomic E-state index is 6.17. The van der Waals surface area contributed by atoms with E-state index in [1.54, 1.807) is 7.05 Å². The molecule has 2 N–H and O–H groups in total. The molecule has 0 aliphatic carbocycles. The predicted molar refractivity (Wildman–Crippen MR) is 148 cm³/mol. The van der Waals surface area contributed by atoms with E-state index in [4.69, 9.17) is 9.47 Å². The normalized spacial score (nSPS) is 15.9. The fourth-order valence-electron chi connectivity index (χ4n) is 4.19. The molecule has 1 unspecified atom stereocenters. The van der Waals surface area contributed by atoms with Crippen molar-refractivity contribution in [3.05, 3.63) is 59.4 Å². The molecule has 0 bridgehead atoms. The molecule has 1 saturated heterocycles. The van der Waals surface area contributed by atoms with Gasteiger partial charge >= 0.3 is 0 Å². The van der Waals surface area contributed by atoms with Gasteiger partial charge in [0.05, 0.1) is 24.2 Å². The summed E-state index contributed by atoms with van der Waals surface area (Å²) >= 11 is 0. The van der Waals surface area contributed by atoms with Crippen LogP contribution in [0.5, 0.6) is 5.75 Å². The Bertz CT molecular complexity index is 1090. The molecule has 1 aliphatic heterocycles. The number of aryl methyl sites for hydroxylation is 3. The van der Waals surface area contributed by atoms with Gasteiger partial charge < -0.3 is 24.7 Å². The minimum Gasteiger partial charge on any atom is -0.493 e. The molecule has 34 heavy (non-hydrogen) atoms. The van der Waals surface area contributed by atoms with Crippen molar-refractivity contribution in [1.29, 1.82) is 0 Å². The zero-order valence-corrected chi connectivity index (χ0v) is 22.7. The van der Waals surface area contributed by atoms with E-state index in [9.17, 15) is 0 Å². The van der Waals surface area contributed by atoms with Gasteiger partial charge in [0.25, 0.3) is 0 Å². The predicted octanol–water partition coefficient (Wildman–Crippen LogP) is 4.44. The van der Waals surface area contributed by atoms with E-state index in [0.717, 1.165) is 67.8 Å². The summed E-state index contributed by atoms with van der Waals surface area (Å²) in [5.41, 5.74) is 4.56. The number of para-hydroxylation sites is 2. The third-order valence-corrected chi connectivity index (χ3v) is 6.09. The molecule has 0 spiro atoms. The van der Waals surface area contributed by atoms with Gasteiger partial charge in [-0.15, -0.1) is 24.0 Å². The van der Waals surface area contributed by atoms with Crippen LogP contribution >= 0.6 is 24.0 Å². The Balaban J connectivity index is 0.00000324. The zero-order chi connectivity index (χ0) is 23.0. The first-order valence-corrected chi connectivity index (χ1v) is 11.8. The molecule has 2 aromatic carbocycles. The minimum absolute atomic E-state index is 0. The van der Waals surface area contributed by atoms with Gasteiger partial charge in [-0.2, -0.15) is 0 Å². The van der Waals surface area contributed by atoms with Crippen LogP contribution in [-0.4, -0.2) is 48.9 Å². The molecule has 3 aromatic rings. The average Bonchev–Trinajstić information content (AvgIpc) is 3.45. The lowest BCUT2D eigenvalue weighted by molar-refractivity contribution is 0.166. The van der Waals surface area contributed by atoms with Gasteiger partial charge in [-0.25, -0.2) is 4.98 Å². The molecule has 7 nitrogen and oxygen atoms in total. The van der Waals surface area contributed by atoms with Crippen LogP contribution in [0.25, 0.3) is 11.0 Å². The fraction of sp³-hybridized carbons (Fsp3) is 0.462. The Morgan fingerprint density at radius 3 is 2.85 bits per heavy atom. The minimum atomic E-state index is 0. The van der Waals surface area contributed by atoms with E-state index >= 15 is 0 Å². The van der Waals surface area contributed by atoms with E-state index in [0.29, 0.717) is 19.1 Å². The van der Waals surface area contributed by atoms with Crippen molar-refractivity contribution in [2.24, 2.45) is 10.9 Å². The summed E-state index contributed by atoms with van der Waals surface area (Å²) in [4.78, 5) is 9.03. The topological polar surface area (TPSA) is 72.7 Å². The molecule has 184 valence electrons. The van der Waals surface area contributed by atoms with Gasteiger partial charge in [0.15, 0.2) is 5.96 Å². The summed E-state index contributed by atoms with van der Waals surface area (Å²) in [7, 11) is 1.80. The number of benzene rings is 2. The van der Waals surface area contributed by atoms with Crippen LogP contribution in [0, 0.1) is 19.8 Å². The molecule has 2 heterocycles. The Morgan fingerprint density at radius 1 is 1.21 bits per heavy atom. The molecular formula is C26H36IN5O2. The average molecular weight is 578 g/mol. The van der Waals surface area contributed by atoms with Gasteiger partial charge in [-0.1, -0.05) is 24.3 Å². The molecule has 8 heteroatoms. The number of nitrogens with one attached hydrogen (secondary N) is 2. The largest absolute Gasteiger partial charge is 0.493 e. The summed E-state index contributed by atoms with van der Waals surface area (Å²) < 4.78 is 13.9. The third-order valence-electron chi connectivity index (χ3n) is 6.09. The van der Waals surface area contributed by atoms with Crippen LogP contribution in [0.15, 0.2) is 47.5 Å². The van der Waals surface area contributed by atoms with Crippen LogP contribution in [-0.2, 0) is 17.8 Å².